The summed E-state index contributed by atoms with van der Waals surface area (Å²) in [5.74, 6) is 6.26. The van der Waals surface area contributed by atoms with Gasteiger partial charge < -0.3 is 15.2 Å². The Balaban J connectivity index is 2.06. The van der Waals surface area contributed by atoms with Crippen molar-refractivity contribution < 1.29 is 9.21 Å². The van der Waals surface area contributed by atoms with Crippen LogP contribution >= 0.6 is 15.9 Å². The maximum absolute atomic E-state index is 12.2. The molecule has 0 fully saturated rings. The largest absolute Gasteiger partial charge is 0.469 e. The lowest BCUT2D eigenvalue weighted by Gasteiger charge is -2.14. The van der Waals surface area contributed by atoms with Crippen LogP contribution in [-0.4, -0.2) is 16.9 Å². The van der Waals surface area contributed by atoms with Crippen LogP contribution in [0.2, 0.25) is 0 Å². The van der Waals surface area contributed by atoms with E-state index >= 15 is 0 Å². The van der Waals surface area contributed by atoms with Gasteiger partial charge in [-0.2, -0.15) is 0 Å². The van der Waals surface area contributed by atoms with Gasteiger partial charge in [0.1, 0.15) is 5.76 Å². The predicted octanol–water partition coefficient (Wildman–Crippen LogP) is 2.08. The van der Waals surface area contributed by atoms with E-state index in [1.807, 2.05) is 19.1 Å². The molecule has 106 valence electrons. The molecule has 0 aliphatic rings. The van der Waals surface area contributed by atoms with Crippen molar-refractivity contribution in [2.75, 3.05) is 5.43 Å². The molecule has 0 spiro atoms. The van der Waals surface area contributed by atoms with E-state index in [-0.39, 0.29) is 11.9 Å². The molecule has 4 N–H and O–H groups in total. The van der Waals surface area contributed by atoms with E-state index in [0.717, 1.165) is 5.76 Å². The second kappa shape index (κ2) is 6.53. The molecule has 2 heterocycles. The molecule has 7 heteroatoms. The second-order valence-electron chi connectivity index (χ2n) is 4.35. The Morgan fingerprint density at radius 3 is 3.05 bits per heavy atom. The van der Waals surface area contributed by atoms with Gasteiger partial charge in [0.2, 0.25) is 0 Å². The number of halogens is 1. The highest BCUT2D eigenvalue weighted by Crippen LogP contribution is 2.17. The molecule has 1 atom stereocenters. The number of nitrogen functional groups attached to an aromatic ring is 1. The molecule has 0 aliphatic carbocycles. The van der Waals surface area contributed by atoms with Crippen molar-refractivity contribution in [1.82, 2.24) is 10.3 Å². The second-order valence-corrected chi connectivity index (χ2v) is 5.27. The van der Waals surface area contributed by atoms with E-state index in [1.54, 1.807) is 18.5 Å². The van der Waals surface area contributed by atoms with Gasteiger partial charge in [-0.3, -0.25) is 4.79 Å². The number of carbonyl (C=O) groups excluding carboxylic acids is 1. The van der Waals surface area contributed by atoms with Crippen LogP contribution in [0.4, 0.5) is 5.82 Å². The zero-order valence-electron chi connectivity index (χ0n) is 10.9. The molecule has 2 aromatic heterocycles. The van der Waals surface area contributed by atoms with E-state index in [9.17, 15) is 4.79 Å². The minimum absolute atomic E-state index is 0.0711. The minimum Gasteiger partial charge on any atom is -0.469 e. The van der Waals surface area contributed by atoms with Crippen molar-refractivity contribution in [1.29, 1.82) is 0 Å². The normalized spacial score (nSPS) is 11.9. The standard InChI is InChI=1S/C13H15BrN4O2/c1-8(5-10-3-2-4-20-10)17-13(19)11-6-9(14)7-16-12(11)18-15/h2-4,6-8H,5,15H2,1H3,(H,16,18)(H,17,19). The van der Waals surface area contributed by atoms with Crippen molar-refractivity contribution in [2.24, 2.45) is 5.84 Å². The van der Waals surface area contributed by atoms with Crippen molar-refractivity contribution in [3.05, 3.63) is 46.5 Å². The lowest BCUT2D eigenvalue weighted by molar-refractivity contribution is 0.0939. The van der Waals surface area contributed by atoms with Crippen molar-refractivity contribution in [3.8, 4) is 0 Å². The van der Waals surface area contributed by atoms with Gasteiger partial charge in [0.15, 0.2) is 5.82 Å². The van der Waals surface area contributed by atoms with E-state index in [2.05, 4.69) is 31.7 Å². The first-order chi connectivity index (χ1) is 9.60. The number of nitrogens with zero attached hydrogens (tertiary/aromatic N) is 1. The summed E-state index contributed by atoms with van der Waals surface area (Å²) in [7, 11) is 0. The van der Waals surface area contributed by atoms with Crippen molar-refractivity contribution in [3.63, 3.8) is 0 Å². The molecule has 20 heavy (non-hydrogen) atoms. The van der Waals surface area contributed by atoms with Gasteiger partial charge in [-0.15, -0.1) is 0 Å². The molecule has 0 saturated carbocycles. The average molecular weight is 339 g/mol. The zero-order valence-corrected chi connectivity index (χ0v) is 12.5. The highest BCUT2D eigenvalue weighted by molar-refractivity contribution is 9.10. The quantitative estimate of drug-likeness (QED) is 0.573. The fraction of sp³-hybridized carbons (Fsp3) is 0.231. The van der Waals surface area contributed by atoms with Gasteiger partial charge in [0, 0.05) is 23.1 Å². The fourth-order valence-corrected chi connectivity index (χ4v) is 2.14. The Morgan fingerprint density at radius 2 is 2.40 bits per heavy atom. The molecule has 6 nitrogen and oxygen atoms in total. The Morgan fingerprint density at radius 1 is 1.60 bits per heavy atom. The summed E-state index contributed by atoms with van der Waals surface area (Å²) in [6, 6.07) is 5.28. The van der Waals surface area contributed by atoms with Crippen LogP contribution in [0.25, 0.3) is 0 Å². The summed E-state index contributed by atoms with van der Waals surface area (Å²) in [5, 5.41) is 2.88. The van der Waals surface area contributed by atoms with E-state index < -0.39 is 0 Å². The number of furan rings is 1. The van der Waals surface area contributed by atoms with Gasteiger partial charge in [-0.25, -0.2) is 10.8 Å². The number of pyridine rings is 1. The number of carbonyl (C=O) groups is 1. The smallest absolute Gasteiger partial charge is 0.255 e. The lowest BCUT2D eigenvalue weighted by Crippen LogP contribution is -2.34. The molecule has 0 aliphatic heterocycles. The van der Waals surface area contributed by atoms with Crippen LogP contribution in [0.15, 0.2) is 39.5 Å². The van der Waals surface area contributed by atoms with E-state index in [4.69, 9.17) is 10.3 Å². The molecule has 1 unspecified atom stereocenters. The van der Waals surface area contributed by atoms with Gasteiger partial charge in [-0.1, -0.05) is 0 Å². The first kappa shape index (κ1) is 14.5. The highest BCUT2D eigenvalue weighted by atomic mass is 79.9. The van der Waals surface area contributed by atoms with Crippen LogP contribution in [0.5, 0.6) is 0 Å². The van der Waals surface area contributed by atoms with Crippen molar-refractivity contribution >= 4 is 27.7 Å². The topological polar surface area (TPSA) is 93.2 Å². The third-order valence-corrected chi connectivity index (χ3v) is 3.13. The molecular formula is C13H15BrN4O2. The molecule has 0 bridgehead atoms. The Bertz CT molecular complexity index is 586. The summed E-state index contributed by atoms with van der Waals surface area (Å²) in [4.78, 5) is 16.3. The number of rotatable bonds is 5. The SMILES string of the molecule is CC(Cc1ccco1)NC(=O)c1cc(Br)cnc1NN. The first-order valence-corrected chi connectivity index (χ1v) is 6.85. The maximum Gasteiger partial charge on any atom is 0.255 e. The number of nitrogens with one attached hydrogen (secondary N) is 2. The molecule has 0 radical (unpaired) electrons. The van der Waals surface area contributed by atoms with Crippen LogP contribution in [-0.2, 0) is 6.42 Å². The van der Waals surface area contributed by atoms with Crippen molar-refractivity contribution in [2.45, 2.75) is 19.4 Å². The average Bonchev–Trinajstić information content (AvgIpc) is 2.91. The van der Waals surface area contributed by atoms with E-state index in [1.165, 1.54) is 0 Å². The zero-order chi connectivity index (χ0) is 14.5. The fourth-order valence-electron chi connectivity index (χ4n) is 1.81. The Labute approximate surface area is 124 Å². The van der Waals surface area contributed by atoms with Crippen LogP contribution in [0.1, 0.15) is 23.0 Å². The molecule has 0 aromatic carbocycles. The number of aromatic nitrogens is 1. The number of nitrogens with two attached hydrogens (primary N) is 1. The molecule has 2 rings (SSSR count). The molecule has 1 amide bonds. The minimum atomic E-state index is -0.245. The van der Waals surface area contributed by atoms with E-state index in [0.29, 0.717) is 22.3 Å². The number of anilines is 1. The first-order valence-electron chi connectivity index (χ1n) is 6.05. The highest BCUT2D eigenvalue weighted by Gasteiger charge is 2.16. The lowest BCUT2D eigenvalue weighted by atomic mass is 10.1. The van der Waals surface area contributed by atoms with Gasteiger partial charge in [-0.05, 0) is 41.1 Å². The van der Waals surface area contributed by atoms with Crippen LogP contribution in [0.3, 0.4) is 0 Å². The van der Waals surface area contributed by atoms with Gasteiger partial charge in [0.25, 0.3) is 5.91 Å². The number of hydrogen-bond acceptors (Lipinski definition) is 5. The van der Waals surface area contributed by atoms with Crippen LogP contribution < -0.4 is 16.6 Å². The summed E-state index contributed by atoms with van der Waals surface area (Å²) >= 11 is 3.28. The molecular weight excluding hydrogens is 324 g/mol. The third-order valence-electron chi connectivity index (χ3n) is 2.70. The summed E-state index contributed by atoms with van der Waals surface area (Å²) in [6.45, 7) is 1.90. The summed E-state index contributed by atoms with van der Waals surface area (Å²) < 4.78 is 5.96. The molecule has 2 aromatic rings. The summed E-state index contributed by atoms with van der Waals surface area (Å²) in [6.07, 6.45) is 3.79. The Hall–Kier alpha value is -1.86. The predicted molar refractivity (Wildman–Crippen MR) is 79.1 cm³/mol. The van der Waals surface area contributed by atoms with Crippen LogP contribution in [0, 0.1) is 0 Å². The number of hydrogen-bond donors (Lipinski definition) is 3. The maximum atomic E-state index is 12.2. The molecule has 0 saturated heterocycles. The monoisotopic (exact) mass is 338 g/mol. The van der Waals surface area contributed by atoms with Gasteiger partial charge in [0.05, 0.1) is 11.8 Å². The number of hydrazine groups is 1. The third kappa shape index (κ3) is 3.58. The Kier molecular flexibility index (Phi) is 4.75. The number of amides is 1. The summed E-state index contributed by atoms with van der Waals surface area (Å²) in [5.41, 5.74) is 2.79. The van der Waals surface area contributed by atoms with Gasteiger partial charge >= 0.3 is 0 Å².